The summed E-state index contributed by atoms with van der Waals surface area (Å²) in [4.78, 5) is 20.7. The lowest BCUT2D eigenvalue weighted by Crippen LogP contribution is -2.50. The number of alkyl halides is 3. The zero-order valence-corrected chi connectivity index (χ0v) is 26.0. The number of hydrogen-bond donors (Lipinski definition) is 3. The van der Waals surface area contributed by atoms with E-state index in [0.717, 1.165) is 38.2 Å². The topological polar surface area (TPSA) is 68.8 Å². The number of nitrogens with zero attached hydrogens (tertiary/aromatic N) is 2. The molecule has 1 aromatic rings. The van der Waals surface area contributed by atoms with Gasteiger partial charge in [-0.25, -0.2) is 9.38 Å². The van der Waals surface area contributed by atoms with Crippen molar-refractivity contribution in [2.75, 3.05) is 26.0 Å². The number of hydrogen-bond acceptors (Lipinski definition) is 4. The molecule has 1 aliphatic rings. The predicted molar refractivity (Wildman–Crippen MR) is 160 cm³/mol. The van der Waals surface area contributed by atoms with E-state index >= 15 is 0 Å². The van der Waals surface area contributed by atoms with Crippen molar-refractivity contribution in [1.82, 2.24) is 15.5 Å². The lowest BCUT2D eigenvalue weighted by atomic mass is 9.77. The van der Waals surface area contributed by atoms with Crippen LogP contribution in [0.5, 0.6) is 0 Å². The third-order valence-electron chi connectivity index (χ3n) is 8.28. The van der Waals surface area contributed by atoms with Gasteiger partial charge in [-0.05, 0) is 76.7 Å². The van der Waals surface area contributed by atoms with Crippen molar-refractivity contribution in [3.63, 3.8) is 0 Å². The number of piperidine rings is 1. The Hall–Kier alpha value is -1.91. The molecule has 1 fully saturated rings. The fraction of sp³-hybridized carbons (Fsp3) is 0.733. The highest BCUT2D eigenvalue weighted by molar-refractivity contribution is 6.31. The number of carbonyl (C=O) groups excluding carboxylic acids is 1. The summed E-state index contributed by atoms with van der Waals surface area (Å²) in [5.74, 6) is -0.351. The number of amides is 1. The van der Waals surface area contributed by atoms with Crippen molar-refractivity contribution in [1.29, 1.82) is 0 Å². The number of carbonyl (C=O) groups is 1. The lowest BCUT2D eigenvalue weighted by Gasteiger charge is -2.33. The van der Waals surface area contributed by atoms with E-state index in [1.807, 2.05) is 14.1 Å². The van der Waals surface area contributed by atoms with Crippen molar-refractivity contribution in [3.05, 3.63) is 29.0 Å². The van der Waals surface area contributed by atoms with Crippen LogP contribution in [0.3, 0.4) is 0 Å². The molecular formula is C30H48ClF4N5O. The van der Waals surface area contributed by atoms with Gasteiger partial charge < -0.3 is 15.5 Å². The average molecular weight is 606 g/mol. The van der Waals surface area contributed by atoms with Crippen LogP contribution in [-0.4, -0.2) is 61.7 Å². The number of rotatable bonds is 13. The van der Waals surface area contributed by atoms with Gasteiger partial charge in [-0.1, -0.05) is 58.1 Å². The molecule has 3 N–H and O–H groups in total. The molecule has 234 valence electrons. The van der Waals surface area contributed by atoms with E-state index in [2.05, 4.69) is 53.5 Å². The number of benzene rings is 1. The van der Waals surface area contributed by atoms with E-state index in [4.69, 9.17) is 11.6 Å². The molecule has 0 aliphatic carbocycles. The molecule has 1 amide bonds. The number of anilines is 1. The van der Waals surface area contributed by atoms with Gasteiger partial charge in [0.25, 0.3) is 0 Å². The maximum Gasteiger partial charge on any atom is 0.403 e. The third-order valence-corrected chi connectivity index (χ3v) is 8.50. The van der Waals surface area contributed by atoms with Crippen molar-refractivity contribution >= 4 is 29.2 Å². The third kappa shape index (κ3) is 11.7. The van der Waals surface area contributed by atoms with Crippen LogP contribution in [0.15, 0.2) is 23.2 Å². The molecule has 0 radical (unpaired) electrons. The van der Waals surface area contributed by atoms with Gasteiger partial charge in [-0.15, -0.1) is 0 Å². The Balaban J connectivity index is 2.36. The summed E-state index contributed by atoms with van der Waals surface area (Å²) in [5, 5.41) is 8.60. The van der Waals surface area contributed by atoms with Crippen LogP contribution in [-0.2, 0) is 4.79 Å². The Bertz CT molecular complexity index is 962. The Labute approximate surface area is 248 Å². The van der Waals surface area contributed by atoms with Gasteiger partial charge in [0.05, 0.1) is 6.04 Å². The number of aliphatic imine (C=N–C) groups is 1. The van der Waals surface area contributed by atoms with Crippen LogP contribution in [0.2, 0.25) is 5.02 Å². The maximum atomic E-state index is 14.1. The maximum absolute atomic E-state index is 14.1. The summed E-state index contributed by atoms with van der Waals surface area (Å²) < 4.78 is 53.6. The first-order valence-electron chi connectivity index (χ1n) is 14.8. The summed E-state index contributed by atoms with van der Waals surface area (Å²) in [6.07, 6.45) is 1.38. The summed E-state index contributed by atoms with van der Waals surface area (Å²) in [6, 6.07) is 1.94. The SMILES string of the molecule is CCCC(CC)CC(CC)C(CC(C)N(C)C)C(=O)NC(=NC1CCC(C(F)(F)F)NC1)Nc1cc(F)cc(Cl)c1. The van der Waals surface area contributed by atoms with Crippen molar-refractivity contribution in [2.45, 2.75) is 103 Å². The van der Waals surface area contributed by atoms with Crippen molar-refractivity contribution in [2.24, 2.45) is 22.7 Å². The summed E-state index contributed by atoms with van der Waals surface area (Å²) in [7, 11) is 3.97. The minimum absolute atomic E-state index is 0.00299. The first-order chi connectivity index (χ1) is 19.3. The molecule has 2 rings (SSSR count). The Morgan fingerprint density at radius 1 is 1.15 bits per heavy atom. The minimum atomic E-state index is -4.33. The molecule has 1 saturated heterocycles. The van der Waals surface area contributed by atoms with E-state index < -0.39 is 24.1 Å². The largest absolute Gasteiger partial charge is 0.403 e. The van der Waals surface area contributed by atoms with Gasteiger partial charge in [-0.2, -0.15) is 13.2 Å². The highest BCUT2D eigenvalue weighted by Crippen LogP contribution is 2.32. The van der Waals surface area contributed by atoms with Gasteiger partial charge in [0, 0.05) is 29.2 Å². The zero-order valence-electron chi connectivity index (χ0n) is 25.3. The molecule has 11 heteroatoms. The van der Waals surface area contributed by atoms with E-state index in [-0.39, 0.29) is 59.8 Å². The standard InChI is InChI=1S/C30H48ClF4N5O/c1-7-10-20(8-2)14-21(9-3)26(13-19(4)40(5)6)28(41)39-29(38-25-16-22(31)15-23(32)17-25)37-24-11-12-27(36-18-24)30(33,34)35/h15-17,19-21,24,26-27,36H,7-14,18H2,1-6H3,(H2,37,38,39,41). The summed E-state index contributed by atoms with van der Waals surface area (Å²) >= 11 is 6.05. The smallest absolute Gasteiger partial charge is 0.326 e. The van der Waals surface area contributed by atoms with Gasteiger partial charge in [0.1, 0.15) is 11.9 Å². The normalized spacial score (nSPS) is 21.3. The number of nitrogens with one attached hydrogen (secondary N) is 3. The second kappa shape index (κ2) is 16.7. The summed E-state index contributed by atoms with van der Waals surface area (Å²) in [5.41, 5.74) is 0.283. The first-order valence-corrected chi connectivity index (χ1v) is 15.2. The van der Waals surface area contributed by atoms with Crippen LogP contribution in [0.25, 0.3) is 0 Å². The van der Waals surface area contributed by atoms with Crippen LogP contribution in [0.1, 0.15) is 79.1 Å². The Morgan fingerprint density at radius 2 is 1.85 bits per heavy atom. The molecule has 0 bridgehead atoms. The second-order valence-electron chi connectivity index (χ2n) is 11.6. The van der Waals surface area contributed by atoms with E-state index in [1.165, 1.54) is 12.1 Å². The van der Waals surface area contributed by atoms with E-state index in [0.29, 0.717) is 12.3 Å². The fourth-order valence-corrected chi connectivity index (χ4v) is 5.74. The van der Waals surface area contributed by atoms with Crippen LogP contribution >= 0.6 is 11.6 Å². The highest BCUT2D eigenvalue weighted by Gasteiger charge is 2.41. The first kappa shape index (κ1) is 35.3. The van der Waals surface area contributed by atoms with Crippen molar-refractivity contribution in [3.8, 4) is 0 Å². The van der Waals surface area contributed by atoms with Crippen LogP contribution in [0, 0.1) is 23.6 Å². The second-order valence-corrected chi connectivity index (χ2v) is 12.0. The van der Waals surface area contributed by atoms with Gasteiger partial charge >= 0.3 is 6.18 Å². The minimum Gasteiger partial charge on any atom is -0.326 e. The molecular weight excluding hydrogens is 558 g/mol. The molecule has 6 nitrogen and oxygen atoms in total. The van der Waals surface area contributed by atoms with Crippen LogP contribution < -0.4 is 16.0 Å². The average Bonchev–Trinajstić information content (AvgIpc) is 2.88. The Morgan fingerprint density at radius 3 is 2.37 bits per heavy atom. The predicted octanol–water partition coefficient (Wildman–Crippen LogP) is 7.25. The van der Waals surface area contributed by atoms with E-state index in [9.17, 15) is 22.4 Å². The number of guanidine groups is 1. The molecule has 0 saturated carbocycles. The lowest BCUT2D eigenvalue weighted by molar-refractivity contribution is -0.160. The van der Waals surface area contributed by atoms with Crippen molar-refractivity contribution < 1.29 is 22.4 Å². The zero-order chi connectivity index (χ0) is 30.7. The molecule has 0 aromatic heterocycles. The molecule has 6 atom stereocenters. The summed E-state index contributed by atoms with van der Waals surface area (Å²) in [6.45, 7) is 8.56. The van der Waals surface area contributed by atoms with Gasteiger partial charge in [-0.3, -0.25) is 10.1 Å². The van der Waals surface area contributed by atoms with Gasteiger partial charge in [0.2, 0.25) is 11.9 Å². The fourth-order valence-electron chi connectivity index (χ4n) is 5.51. The molecule has 6 unspecified atom stereocenters. The molecule has 41 heavy (non-hydrogen) atoms. The monoisotopic (exact) mass is 605 g/mol. The van der Waals surface area contributed by atoms with Crippen LogP contribution in [0.4, 0.5) is 23.2 Å². The molecule has 0 spiro atoms. The quantitative estimate of drug-likeness (QED) is 0.126. The molecule has 1 aromatic carbocycles. The molecule has 1 heterocycles. The highest BCUT2D eigenvalue weighted by atomic mass is 35.5. The van der Waals surface area contributed by atoms with Gasteiger partial charge in [0.15, 0.2) is 0 Å². The number of halogens is 5. The molecule has 1 aliphatic heterocycles. The Kier molecular flexibility index (Phi) is 14.3. The van der Waals surface area contributed by atoms with E-state index in [1.54, 1.807) is 0 Å².